The van der Waals surface area contributed by atoms with Gasteiger partial charge in [0.05, 0.1) is 0 Å². The maximum atomic E-state index is 12.0. The van der Waals surface area contributed by atoms with Gasteiger partial charge in [-0.15, -0.1) is 0 Å². The molecular weight excluding hydrogens is 250 g/mol. The van der Waals surface area contributed by atoms with Crippen molar-refractivity contribution in [2.24, 2.45) is 0 Å². The Labute approximate surface area is 109 Å². The highest BCUT2D eigenvalue weighted by atomic mass is 32.2. The van der Waals surface area contributed by atoms with Crippen LogP contribution in [0.1, 0.15) is 25.7 Å². The second-order valence-corrected chi connectivity index (χ2v) is 6.05. The van der Waals surface area contributed by atoms with Crippen molar-refractivity contribution in [2.75, 3.05) is 11.6 Å². The fraction of sp³-hybridized carbons (Fsp3) is 0.462. The van der Waals surface area contributed by atoms with Gasteiger partial charge in [0.1, 0.15) is 5.60 Å². The molecule has 1 atom stereocenters. The number of amides is 1. The monoisotopic (exact) mass is 267 g/mol. The first-order chi connectivity index (χ1) is 8.51. The summed E-state index contributed by atoms with van der Waals surface area (Å²) in [7, 11) is -1.08. The van der Waals surface area contributed by atoms with E-state index in [-0.39, 0.29) is 5.91 Å². The van der Waals surface area contributed by atoms with E-state index >= 15 is 0 Å². The molecule has 1 saturated carbocycles. The smallest absolute Gasteiger partial charge is 0.256 e. The number of nitrogens with one attached hydrogen (secondary N) is 1. The topological polar surface area (TPSA) is 66.4 Å². The lowest BCUT2D eigenvalue weighted by molar-refractivity contribution is -0.133. The molecule has 1 aliphatic carbocycles. The third kappa shape index (κ3) is 2.79. The van der Waals surface area contributed by atoms with E-state index in [4.69, 9.17) is 0 Å². The molecule has 0 aliphatic heterocycles. The average molecular weight is 267 g/mol. The van der Waals surface area contributed by atoms with Gasteiger partial charge in [-0.1, -0.05) is 6.07 Å². The summed E-state index contributed by atoms with van der Waals surface area (Å²) in [5, 5.41) is 12.8. The van der Waals surface area contributed by atoms with Gasteiger partial charge in [-0.25, -0.2) is 0 Å². The third-order valence-corrected chi connectivity index (χ3v) is 4.19. The van der Waals surface area contributed by atoms with Crippen molar-refractivity contribution < 1.29 is 14.1 Å². The molecule has 1 aromatic carbocycles. The Morgan fingerprint density at radius 3 is 2.67 bits per heavy atom. The first-order valence-electron chi connectivity index (χ1n) is 5.99. The minimum atomic E-state index is -1.23. The minimum Gasteiger partial charge on any atom is -0.380 e. The van der Waals surface area contributed by atoms with Crippen LogP contribution in [0.15, 0.2) is 29.2 Å². The molecule has 1 unspecified atom stereocenters. The zero-order chi connectivity index (χ0) is 13.2. The molecule has 1 aliphatic rings. The number of benzene rings is 1. The van der Waals surface area contributed by atoms with Gasteiger partial charge in [0, 0.05) is 27.6 Å². The van der Waals surface area contributed by atoms with Crippen LogP contribution in [0.3, 0.4) is 0 Å². The number of hydrogen-bond acceptors (Lipinski definition) is 3. The summed E-state index contributed by atoms with van der Waals surface area (Å²) in [6.07, 6.45) is 4.37. The van der Waals surface area contributed by atoms with E-state index in [9.17, 15) is 14.1 Å². The van der Waals surface area contributed by atoms with Crippen molar-refractivity contribution >= 4 is 22.4 Å². The van der Waals surface area contributed by atoms with E-state index in [1.165, 1.54) is 0 Å². The number of rotatable bonds is 3. The molecule has 0 radical (unpaired) electrons. The van der Waals surface area contributed by atoms with Gasteiger partial charge in [-0.2, -0.15) is 0 Å². The maximum absolute atomic E-state index is 12.0. The zero-order valence-electron chi connectivity index (χ0n) is 10.3. The summed E-state index contributed by atoms with van der Waals surface area (Å²) in [4.78, 5) is 12.6. The Kier molecular flexibility index (Phi) is 3.82. The van der Waals surface area contributed by atoms with Crippen LogP contribution in [0.2, 0.25) is 0 Å². The molecule has 18 heavy (non-hydrogen) atoms. The van der Waals surface area contributed by atoms with Crippen LogP contribution in [0, 0.1) is 0 Å². The SMILES string of the molecule is CS(=O)c1cccc(NC(=O)C2(O)CCCC2)c1. The van der Waals surface area contributed by atoms with Crippen molar-refractivity contribution in [3.63, 3.8) is 0 Å². The largest absolute Gasteiger partial charge is 0.380 e. The van der Waals surface area contributed by atoms with Crippen LogP contribution < -0.4 is 5.32 Å². The molecule has 0 bridgehead atoms. The lowest BCUT2D eigenvalue weighted by Crippen LogP contribution is -2.40. The average Bonchev–Trinajstić information content (AvgIpc) is 2.78. The lowest BCUT2D eigenvalue weighted by Gasteiger charge is -2.21. The van der Waals surface area contributed by atoms with E-state index < -0.39 is 16.4 Å². The summed E-state index contributed by atoms with van der Waals surface area (Å²) in [6, 6.07) is 6.89. The second kappa shape index (κ2) is 5.20. The Hall–Kier alpha value is -1.20. The summed E-state index contributed by atoms with van der Waals surface area (Å²) < 4.78 is 11.4. The first-order valence-corrected chi connectivity index (χ1v) is 7.54. The van der Waals surface area contributed by atoms with Crippen molar-refractivity contribution in [2.45, 2.75) is 36.2 Å². The number of carbonyl (C=O) groups excluding carboxylic acids is 1. The lowest BCUT2D eigenvalue weighted by atomic mass is 10.0. The maximum Gasteiger partial charge on any atom is 0.256 e. The molecule has 0 aromatic heterocycles. The van der Waals surface area contributed by atoms with Crippen molar-refractivity contribution in [1.82, 2.24) is 0 Å². The quantitative estimate of drug-likeness (QED) is 0.875. The van der Waals surface area contributed by atoms with Gasteiger partial charge in [0.15, 0.2) is 0 Å². The molecule has 0 spiro atoms. The molecular formula is C13H17NO3S. The molecule has 0 saturated heterocycles. The predicted octanol–water partition coefficient (Wildman–Crippen LogP) is 1.67. The number of hydrogen-bond donors (Lipinski definition) is 2. The summed E-state index contributed by atoms with van der Waals surface area (Å²) in [6.45, 7) is 0. The highest BCUT2D eigenvalue weighted by molar-refractivity contribution is 7.84. The number of aliphatic hydroxyl groups is 1. The molecule has 1 amide bonds. The third-order valence-electron chi connectivity index (χ3n) is 3.28. The van der Waals surface area contributed by atoms with Gasteiger partial charge in [0.25, 0.3) is 5.91 Å². The van der Waals surface area contributed by atoms with E-state index in [2.05, 4.69) is 5.32 Å². The van der Waals surface area contributed by atoms with Gasteiger partial charge >= 0.3 is 0 Å². The van der Waals surface area contributed by atoms with Crippen LogP contribution >= 0.6 is 0 Å². The molecule has 1 fully saturated rings. The van der Waals surface area contributed by atoms with Gasteiger partial charge in [-0.05, 0) is 43.9 Å². The summed E-state index contributed by atoms with van der Waals surface area (Å²) in [5.41, 5.74) is -0.658. The minimum absolute atomic E-state index is 0.362. The van der Waals surface area contributed by atoms with E-state index in [0.717, 1.165) is 12.8 Å². The molecule has 1 aromatic rings. The number of carbonyl (C=O) groups is 1. The zero-order valence-corrected chi connectivity index (χ0v) is 11.1. The summed E-state index contributed by atoms with van der Waals surface area (Å²) >= 11 is 0. The van der Waals surface area contributed by atoms with Crippen LogP contribution in [0.4, 0.5) is 5.69 Å². The molecule has 4 nitrogen and oxygen atoms in total. The molecule has 5 heteroatoms. The molecule has 0 heterocycles. The van der Waals surface area contributed by atoms with Crippen LogP contribution in [0.5, 0.6) is 0 Å². The second-order valence-electron chi connectivity index (χ2n) is 4.67. The standard InChI is InChI=1S/C13H17NO3S/c1-18(17)11-6-4-5-10(9-11)14-12(15)13(16)7-2-3-8-13/h4-6,9,16H,2-3,7-8H2,1H3,(H,14,15). The number of anilines is 1. The van der Waals surface area contributed by atoms with Crippen LogP contribution in [0.25, 0.3) is 0 Å². The fourth-order valence-corrected chi connectivity index (χ4v) is 2.75. The van der Waals surface area contributed by atoms with Gasteiger partial charge < -0.3 is 10.4 Å². The van der Waals surface area contributed by atoms with Crippen molar-refractivity contribution in [1.29, 1.82) is 0 Å². The van der Waals surface area contributed by atoms with Gasteiger partial charge in [0.2, 0.25) is 0 Å². The molecule has 2 rings (SSSR count). The van der Waals surface area contributed by atoms with Crippen molar-refractivity contribution in [3.8, 4) is 0 Å². The van der Waals surface area contributed by atoms with Crippen molar-refractivity contribution in [3.05, 3.63) is 24.3 Å². The first kappa shape index (κ1) is 13.2. The van der Waals surface area contributed by atoms with E-state index in [0.29, 0.717) is 23.4 Å². The van der Waals surface area contributed by atoms with Crippen LogP contribution in [-0.2, 0) is 15.6 Å². The van der Waals surface area contributed by atoms with Crippen LogP contribution in [-0.4, -0.2) is 27.1 Å². The normalized spacial score (nSPS) is 19.4. The Morgan fingerprint density at radius 1 is 1.39 bits per heavy atom. The highest BCUT2D eigenvalue weighted by Crippen LogP contribution is 2.30. The Balaban J connectivity index is 2.11. The van der Waals surface area contributed by atoms with E-state index in [1.54, 1.807) is 30.5 Å². The molecule has 2 N–H and O–H groups in total. The highest BCUT2D eigenvalue weighted by Gasteiger charge is 2.38. The fourth-order valence-electron chi connectivity index (χ4n) is 2.19. The Bertz CT molecular complexity index is 481. The van der Waals surface area contributed by atoms with E-state index in [1.807, 2.05) is 0 Å². The Morgan fingerprint density at radius 2 is 2.06 bits per heavy atom. The predicted molar refractivity (Wildman–Crippen MR) is 70.8 cm³/mol. The van der Waals surface area contributed by atoms with Gasteiger partial charge in [-0.3, -0.25) is 9.00 Å². The summed E-state index contributed by atoms with van der Waals surface area (Å²) in [5.74, 6) is -0.362. The molecule has 98 valence electrons.